The minimum absolute atomic E-state index is 0.261. The maximum absolute atomic E-state index is 12.9. The number of aromatic nitrogens is 4. The number of nitrogens with one attached hydrogen (secondary N) is 1. The highest BCUT2D eigenvalue weighted by atomic mass is 32.2. The van der Waals surface area contributed by atoms with E-state index < -0.39 is 0 Å². The second-order valence-corrected chi connectivity index (χ2v) is 7.18. The average molecular weight is 369 g/mol. The molecule has 3 aromatic rings. The average Bonchev–Trinajstić information content (AvgIpc) is 3.30. The largest absolute Gasteiger partial charge is 0.479 e. The van der Waals surface area contributed by atoms with Crippen LogP contribution in [0.15, 0.2) is 30.5 Å². The van der Waals surface area contributed by atoms with Crippen LogP contribution in [-0.4, -0.2) is 32.6 Å². The van der Waals surface area contributed by atoms with Gasteiger partial charge < -0.3 is 10.1 Å². The van der Waals surface area contributed by atoms with Crippen LogP contribution < -0.4 is 10.1 Å². The lowest BCUT2D eigenvalue weighted by atomic mass is 10.2. The van der Waals surface area contributed by atoms with Crippen molar-refractivity contribution in [3.8, 4) is 11.6 Å². The van der Waals surface area contributed by atoms with Gasteiger partial charge in [0.25, 0.3) is 5.91 Å². The van der Waals surface area contributed by atoms with E-state index in [2.05, 4.69) is 16.5 Å². The number of hydrogen-bond acceptors (Lipinski definition) is 5. The van der Waals surface area contributed by atoms with Gasteiger partial charge in [-0.3, -0.25) is 9.48 Å². The van der Waals surface area contributed by atoms with Crippen LogP contribution in [0.25, 0.3) is 5.69 Å². The van der Waals surface area contributed by atoms with Gasteiger partial charge in [-0.25, -0.2) is 4.68 Å². The van der Waals surface area contributed by atoms with Crippen LogP contribution in [0.5, 0.6) is 5.88 Å². The Morgan fingerprint density at radius 1 is 1.31 bits per heavy atom. The maximum atomic E-state index is 12.9. The smallest absolute Gasteiger partial charge is 0.263 e. The summed E-state index contributed by atoms with van der Waals surface area (Å²) in [4.78, 5) is 12.9. The highest BCUT2D eigenvalue weighted by molar-refractivity contribution is 7.98. The number of benzene rings is 1. The van der Waals surface area contributed by atoms with Crippen molar-refractivity contribution in [2.45, 2.75) is 18.4 Å². The molecule has 1 N–H and O–H groups in total. The molecule has 0 saturated heterocycles. The van der Waals surface area contributed by atoms with E-state index in [0.29, 0.717) is 17.3 Å². The first-order valence-electron chi connectivity index (χ1n) is 8.21. The molecular formula is C18H19N5O2S. The summed E-state index contributed by atoms with van der Waals surface area (Å²) >= 11 is 1.80. The molecule has 0 radical (unpaired) electrons. The molecule has 0 spiro atoms. The number of ether oxygens (including phenoxy) is 1. The number of carbonyl (C=O) groups excluding carboxylic acids is 1. The van der Waals surface area contributed by atoms with Crippen LogP contribution >= 0.6 is 11.8 Å². The Bertz CT molecular complexity index is 992. The number of rotatable bonds is 4. The van der Waals surface area contributed by atoms with Crippen molar-refractivity contribution in [3.05, 3.63) is 52.8 Å². The minimum Gasteiger partial charge on any atom is -0.479 e. The highest BCUT2D eigenvalue weighted by Gasteiger charge is 2.26. The molecule has 8 heteroatoms. The summed E-state index contributed by atoms with van der Waals surface area (Å²) < 4.78 is 8.59. The summed E-state index contributed by atoms with van der Waals surface area (Å²) in [5, 5.41) is 11.9. The molecule has 4 rings (SSSR count). The minimum atomic E-state index is -0.261. The van der Waals surface area contributed by atoms with Gasteiger partial charge in [-0.05, 0) is 24.6 Å². The van der Waals surface area contributed by atoms with Gasteiger partial charge in [-0.15, -0.1) is 5.10 Å². The molecule has 0 aliphatic carbocycles. The van der Waals surface area contributed by atoms with Crippen LogP contribution in [0, 0.1) is 6.92 Å². The summed E-state index contributed by atoms with van der Waals surface area (Å²) in [6, 6.07) is 8.06. The standard InChI is InChI=1S/C18H19N5O2S/c1-11-5-4-6-12(7-11)23-16(14-9-26-10-15(14)20-23)19-17(24)13-8-22(2)21-18(13)25-3/h4-8H,9-10H2,1-3H3,(H,19,24). The van der Waals surface area contributed by atoms with Gasteiger partial charge in [0.1, 0.15) is 11.4 Å². The van der Waals surface area contributed by atoms with E-state index in [-0.39, 0.29) is 5.91 Å². The van der Waals surface area contributed by atoms with Crippen molar-refractivity contribution >= 4 is 23.5 Å². The predicted octanol–water partition coefficient (Wildman–Crippen LogP) is 2.92. The van der Waals surface area contributed by atoms with Crippen LogP contribution in [0.4, 0.5) is 5.82 Å². The van der Waals surface area contributed by atoms with Gasteiger partial charge in [0.05, 0.1) is 18.5 Å². The first-order valence-corrected chi connectivity index (χ1v) is 9.37. The maximum Gasteiger partial charge on any atom is 0.263 e. The fourth-order valence-corrected chi connectivity index (χ4v) is 4.07. The van der Waals surface area contributed by atoms with E-state index in [1.807, 2.05) is 29.8 Å². The lowest BCUT2D eigenvalue weighted by Gasteiger charge is -2.11. The van der Waals surface area contributed by atoms with E-state index >= 15 is 0 Å². The molecule has 0 bridgehead atoms. The van der Waals surface area contributed by atoms with Gasteiger partial charge in [0.2, 0.25) is 5.88 Å². The summed E-state index contributed by atoms with van der Waals surface area (Å²) in [6.07, 6.45) is 1.65. The number of nitrogens with zero attached hydrogens (tertiary/aromatic N) is 4. The third-order valence-corrected chi connectivity index (χ3v) is 5.23. The van der Waals surface area contributed by atoms with Crippen LogP contribution in [0.3, 0.4) is 0 Å². The molecule has 1 aromatic carbocycles. The number of carbonyl (C=O) groups is 1. The zero-order chi connectivity index (χ0) is 18.3. The monoisotopic (exact) mass is 369 g/mol. The number of methoxy groups -OCH3 is 1. The van der Waals surface area contributed by atoms with Crippen LogP contribution in [0.1, 0.15) is 27.2 Å². The van der Waals surface area contributed by atoms with Crippen molar-refractivity contribution < 1.29 is 9.53 Å². The van der Waals surface area contributed by atoms with Gasteiger partial charge in [0, 0.05) is 30.3 Å². The summed E-state index contributed by atoms with van der Waals surface area (Å²) in [5.41, 5.74) is 4.56. The number of amides is 1. The van der Waals surface area contributed by atoms with Crippen molar-refractivity contribution in [2.75, 3.05) is 12.4 Å². The van der Waals surface area contributed by atoms with E-state index in [1.165, 1.54) is 7.11 Å². The molecule has 1 aliphatic rings. The summed E-state index contributed by atoms with van der Waals surface area (Å²) in [6.45, 7) is 2.04. The lowest BCUT2D eigenvalue weighted by Crippen LogP contribution is -2.16. The van der Waals surface area contributed by atoms with Crippen molar-refractivity contribution in [1.82, 2.24) is 19.6 Å². The number of fused-ring (bicyclic) bond motifs is 1. The SMILES string of the molecule is COc1nn(C)cc1C(=O)Nc1c2c(nn1-c1cccc(C)c1)CSC2. The van der Waals surface area contributed by atoms with Gasteiger partial charge in [-0.2, -0.15) is 16.9 Å². The third kappa shape index (κ3) is 2.86. The molecule has 7 nitrogen and oxygen atoms in total. The Morgan fingerprint density at radius 3 is 2.92 bits per heavy atom. The Hall–Kier alpha value is -2.74. The van der Waals surface area contributed by atoms with Crippen LogP contribution in [0.2, 0.25) is 0 Å². The van der Waals surface area contributed by atoms with Gasteiger partial charge in [-0.1, -0.05) is 12.1 Å². The Balaban J connectivity index is 1.75. The molecular weight excluding hydrogens is 350 g/mol. The van der Waals surface area contributed by atoms with E-state index in [4.69, 9.17) is 9.84 Å². The van der Waals surface area contributed by atoms with Gasteiger partial charge >= 0.3 is 0 Å². The second kappa shape index (κ2) is 6.53. The fourth-order valence-electron chi connectivity index (χ4n) is 3.04. The third-order valence-electron chi connectivity index (χ3n) is 4.26. The molecule has 0 fully saturated rings. The normalized spacial score (nSPS) is 12.9. The van der Waals surface area contributed by atoms with Crippen molar-refractivity contribution in [3.63, 3.8) is 0 Å². The molecule has 0 atom stereocenters. The Labute approximate surface area is 155 Å². The van der Waals surface area contributed by atoms with E-state index in [0.717, 1.165) is 34.0 Å². The molecule has 1 aliphatic heterocycles. The molecule has 0 saturated carbocycles. The second-order valence-electron chi connectivity index (χ2n) is 6.20. The quantitative estimate of drug-likeness (QED) is 0.765. The number of hydrogen-bond donors (Lipinski definition) is 1. The number of aryl methyl sites for hydroxylation is 2. The Kier molecular flexibility index (Phi) is 4.20. The first-order chi connectivity index (χ1) is 12.6. The Morgan fingerprint density at radius 2 is 2.15 bits per heavy atom. The van der Waals surface area contributed by atoms with E-state index in [1.54, 1.807) is 29.7 Å². The zero-order valence-corrected chi connectivity index (χ0v) is 15.6. The molecule has 1 amide bonds. The summed E-state index contributed by atoms with van der Waals surface area (Å²) in [5.74, 6) is 2.45. The van der Waals surface area contributed by atoms with E-state index in [9.17, 15) is 4.79 Å². The summed E-state index contributed by atoms with van der Waals surface area (Å²) in [7, 11) is 3.26. The molecule has 134 valence electrons. The first kappa shape index (κ1) is 16.7. The number of thioether (sulfide) groups is 1. The topological polar surface area (TPSA) is 74.0 Å². The molecule has 2 aromatic heterocycles. The molecule has 3 heterocycles. The lowest BCUT2D eigenvalue weighted by molar-refractivity contribution is 0.102. The highest BCUT2D eigenvalue weighted by Crippen LogP contribution is 2.36. The van der Waals surface area contributed by atoms with Crippen LogP contribution in [-0.2, 0) is 18.6 Å². The fraction of sp³-hybridized carbons (Fsp3) is 0.278. The van der Waals surface area contributed by atoms with Crippen molar-refractivity contribution in [1.29, 1.82) is 0 Å². The van der Waals surface area contributed by atoms with Gasteiger partial charge in [0.15, 0.2) is 0 Å². The molecule has 0 unspecified atom stereocenters. The zero-order valence-electron chi connectivity index (χ0n) is 14.8. The van der Waals surface area contributed by atoms with Crippen molar-refractivity contribution in [2.24, 2.45) is 7.05 Å². The number of anilines is 1. The predicted molar refractivity (Wildman–Crippen MR) is 101 cm³/mol. The molecule has 26 heavy (non-hydrogen) atoms.